The fourth-order valence-electron chi connectivity index (χ4n) is 1.71. The Labute approximate surface area is 92.8 Å². The van der Waals surface area contributed by atoms with E-state index < -0.39 is 0 Å². The number of aryl methyl sites for hydroxylation is 1. The van der Waals surface area contributed by atoms with Crippen LogP contribution in [0.1, 0.15) is 23.3 Å². The first-order chi connectivity index (χ1) is 7.06. The molecule has 4 nitrogen and oxygen atoms in total. The number of hydrogen-bond donors (Lipinski definition) is 2. The summed E-state index contributed by atoms with van der Waals surface area (Å²) in [5, 5.41) is 12.5. The van der Waals surface area contributed by atoms with Gasteiger partial charge in [-0.15, -0.1) is 0 Å². The molecule has 0 bridgehead atoms. The second-order valence-electron chi connectivity index (χ2n) is 3.95. The molecule has 1 heterocycles. The predicted octanol–water partition coefficient (Wildman–Crippen LogP) is 0.932. The van der Waals surface area contributed by atoms with Crippen LogP contribution in [0.25, 0.3) is 0 Å². The van der Waals surface area contributed by atoms with Gasteiger partial charge in [0.25, 0.3) is 5.91 Å². The highest BCUT2D eigenvalue weighted by Gasteiger charge is 2.29. The van der Waals surface area contributed by atoms with Crippen LogP contribution in [0, 0.1) is 0 Å². The Balaban J connectivity index is 1.99. The Morgan fingerprint density at radius 3 is 2.80 bits per heavy atom. The van der Waals surface area contributed by atoms with Crippen molar-refractivity contribution in [1.29, 1.82) is 0 Å². The molecule has 1 aromatic heterocycles. The Kier molecular flexibility index (Phi) is 2.71. The van der Waals surface area contributed by atoms with Gasteiger partial charge in [-0.25, -0.2) is 0 Å². The minimum Gasteiger partial charge on any atom is -0.393 e. The van der Waals surface area contributed by atoms with Crippen LogP contribution in [0.4, 0.5) is 0 Å². The van der Waals surface area contributed by atoms with Crippen molar-refractivity contribution in [3.63, 3.8) is 0 Å². The van der Waals surface area contributed by atoms with Crippen molar-refractivity contribution < 1.29 is 9.90 Å². The van der Waals surface area contributed by atoms with Gasteiger partial charge in [0.05, 0.1) is 11.1 Å². The summed E-state index contributed by atoms with van der Waals surface area (Å²) in [6.45, 7) is 0. The van der Waals surface area contributed by atoms with Crippen molar-refractivity contribution in [2.45, 2.75) is 25.0 Å². The van der Waals surface area contributed by atoms with Gasteiger partial charge in [0.2, 0.25) is 0 Å². The van der Waals surface area contributed by atoms with E-state index in [0.717, 1.165) is 0 Å². The van der Waals surface area contributed by atoms with Crippen LogP contribution < -0.4 is 5.32 Å². The van der Waals surface area contributed by atoms with Gasteiger partial charge in [-0.3, -0.25) is 4.79 Å². The molecule has 1 fully saturated rings. The molecular formula is C10H13ClN2O2. The molecule has 2 N–H and O–H groups in total. The summed E-state index contributed by atoms with van der Waals surface area (Å²) in [6, 6.07) is 1.73. The van der Waals surface area contributed by atoms with Crippen molar-refractivity contribution in [3.05, 3.63) is 23.0 Å². The molecule has 1 saturated carbocycles. The van der Waals surface area contributed by atoms with Crippen LogP contribution in [0.2, 0.25) is 5.02 Å². The average molecular weight is 229 g/mol. The number of hydrogen-bond acceptors (Lipinski definition) is 2. The Hall–Kier alpha value is -1.00. The highest BCUT2D eigenvalue weighted by atomic mass is 35.5. The zero-order valence-electron chi connectivity index (χ0n) is 8.40. The molecular weight excluding hydrogens is 216 g/mol. The molecule has 1 amide bonds. The van der Waals surface area contributed by atoms with E-state index in [4.69, 9.17) is 16.7 Å². The summed E-state index contributed by atoms with van der Waals surface area (Å²) in [6.07, 6.45) is 2.71. The van der Waals surface area contributed by atoms with Gasteiger partial charge in [-0.2, -0.15) is 0 Å². The van der Waals surface area contributed by atoms with Gasteiger partial charge >= 0.3 is 0 Å². The molecule has 0 aromatic carbocycles. The van der Waals surface area contributed by atoms with Gasteiger partial charge in [-0.05, 0) is 18.9 Å². The molecule has 15 heavy (non-hydrogen) atoms. The molecule has 0 atom stereocenters. The van der Waals surface area contributed by atoms with Gasteiger partial charge in [0.15, 0.2) is 0 Å². The Morgan fingerprint density at radius 2 is 2.33 bits per heavy atom. The predicted molar refractivity (Wildman–Crippen MR) is 56.9 cm³/mol. The summed E-state index contributed by atoms with van der Waals surface area (Å²) in [7, 11) is 1.77. The first kappa shape index (κ1) is 10.5. The largest absolute Gasteiger partial charge is 0.393 e. The van der Waals surface area contributed by atoms with Crippen molar-refractivity contribution in [3.8, 4) is 0 Å². The first-order valence-corrected chi connectivity index (χ1v) is 5.25. The molecule has 0 radical (unpaired) electrons. The molecule has 2 rings (SSSR count). The molecule has 0 spiro atoms. The van der Waals surface area contributed by atoms with Crippen LogP contribution in [-0.2, 0) is 7.05 Å². The lowest BCUT2D eigenvalue weighted by Gasteiger charge is -2.31. The Bertz CT molecular complexity index is 383. The van der Waals surface area contributed by atoms with Crippen LogP contribution in [-0.4, -0.2) is 27.7 Å². The SMILES string of the molecule is Cn1cc(Cl)cc1C(=O)NC1CC(O)C1. The molecule has 0 aliphatic heterocycles. The number of aromatic nitrogens is 1. The zero-order chi connectivity index (χ0) is 11.0. The second kappa shape index (κ2) is 3.87. The normalized spacial score (nSPS) is 24.7. The number of nitrogens with one attached hydrogen (secondary N) is 1. The van der Waals surface area contributed by atoms with Gasteiger partial charge in [0.1, 0.15) is 5.69 Å². The average Bonchev–Trinajstić information content (AvgIpc) is 2.42. The van der Waals surface area contributed by atoms with Crippen LogP contribution in [0.3, 0.4) is 0 Å². The maximum absolute atomic E-state index is 11.7. The quantitative estimate of drug-likeness (QED) is 0.792. The van der Waals surface area contributed by atoms with E-state index in [2.05, 4.69) is 5.32 Å². The molecule has 0 saturated heterocycles. The number of carbonyl (C=O) groups is 1. The highest BCUT2D eigenvalue weighted by molar-refractivity contribution is 6.31. The van der Waals surface area contributed by atoms with Crippen molar-refractivity contribution >= 4 is 17.5 Å². The maximum atomic E-state index is 11.7. The lowest BCUT2D eigenvalue weighted by atomic mass is 9.89. The lowest BCUT2D eigenvalue weighted by Crippen LogP contribution is -2.47. The molecule has 1 aliphatic rings. The molecule has 82 valence electrons. The minimum atomic E-state index is -0.257. The highest BCUT2D eigenvalue weighted by Crippen LogP contribution is 2.20. The van der Waals surface area contributed by atoms with Crippen molar-refractivity contribution in [1.82, 2.24) is 9.88 Å². The van der Waals surface area contributed by atoms with E-state index in [0.29, 0.717) is 23.6 Å². The third-order valence-electron chi connectivity index (χ3n) is 2.65. The summed E-state index contributed by atoms with van der Waals surface area (Å²) >= 11 is 5.78. The van der Waals surface area contributed by atoms with E-state index in [1.807, 2.05) is 0 Å². The summed E-state index contributed by atoms with van der Waals surface area (Å²) in [5.74, 6) is -0.138. The standard InChI is InChI=1S/C10H13ClN2O2/c1-13-5-6(11)2-9(13)10(15)12-7-3-8(14)4-7/h2,5,7-8,14H,3-4H2,1H3,(H,12,15). The van der Waals surface area contributed by atoms with Crippen LogP contribution >= 0.6 is 11.6 Å². The number of amides is 1. The number of aliphatic hydroxyl groups excluding tert-OH is 1. The van der Waals surface area contributed by atoms with E-state index in [1.54, 1.807) is 23.9 Å². The van der Waals surface area contributed by atoms with Crippen LogP contribution in [0.5, 0.6) is 0 Å². The molecule has 5 heteroatoms. The molecule has 1 aliphatic carbocycles. The number of nitrogens with zero attached hydrogens (tertiary/aromatic N) is 1. The first-order valence-electron chi connectivity index (χ1n) is 4.87. The summed E-state index contributed by atoms with van der Waals surface area (Å²) in [5.41, 5.74) is 0.543. The van der Waals surface area contributed by atoms with Gasteiger partial charge < -0.3 is 15.0 Å². The second-order valence-corrected chi connectivity index (χ2v) is 4.39. The molecule has 0 unspecified atom stereocenters. The Morgan fingerprint density at radius 1 is 1.67 bits per heavy atom. The summed E-state index contributed by atoms with van der Waals surface area (Å²) < 4.78 is 1.69. The number of aliphatic hydroxyl groups is 1. The smallest absolute Gasteiger partial charge is 0.268 e. The van der Waals surface area contributed by atoms with Gasteiger partial charge in [0, 0.05) is 19.3 Å². The fourth-order valence-corrected chi connectivity index (χ4v) is 1.96. The third kappa shape index (κ3) is 2.16. The topological polar surface area (TPSA) is 54.3 Å². The van der Waals surface area contributed by atoms with Crippen molar-refractivity contribution in [2.24, 2.45) is 7.05 Å². The van der Waals surface area contributed by atoms with Crippen molar-refractivity contribution in [2.75, 3.05) is 0 Å². The monoisotopic (exact) mass is 228 g/mol. The third-order valence-corrected chi connectivity index (χ3v) is 2.86. The fraction of sp³-hybridized carbons (Fsp3) is 0.500. The van der Waals surface area contributed by atoms with Crippen LogP contribution in [0.15, 0.2) is 12.3 Å². The molecule has 1 aromatic rings. The number of carbonyl (C=O) groups excluding carboxylic acids is 1. The maximum Gasteiger partial charge on any atom is 0.268 e. The lowest BCUT2D eigenvalue weighted by molar-refractivity contribution is 0.0559. The van der Waals surface area contributed by atoms with E-state index in [-0.39, 0.29) is 18.1 Å². The number of halogens is 1. The van der Waals surface area contributed by atoms with Gasteiger partial charge in [-0.1, -0.05) is 11.6 Å². The van der Waals surface area contributed by atoms with E-state index >= 15 is 0 Å². The summed E-state index contributed by atoms with van der Waals surface area (Å²) in [4.78, 5) is 11.7. The van der Waals surface area contributed by atoms with E-state index in [9.17, 15) is 4.79 Å². The zero-order valence-corrected chi connectivity index (χ0v) is 9.16. The number of rotatable bonds is 2. The van der Waals surface area contributed by atoms with E-state index in [1.165, 1.54) is 0 Å². The minimum absolute atomic E-state index is 0.0983.